The maximum absolute atomic E-state index is 12.7. The number of nitrogens with one attached hydrogen (secondary N) is 1. The van der Waals surface area contributed by atoms with E-state index < -0.39 is 17.4 Å². The Kier molecular flexibility index (Phi) is 4.15. The van der Waals surface area contributed by atoms with E-state index in [1.165, 1.54) is 0 Å². The Labute approximate surface area is 141 Å². The molecular formula is C17H25N3O4. The summed E-state index contributed by atoms with van der Waals surface area (Å²) in [6, 6.07) is 1.81. The Balaban J connectivity index is 1.86. The molecule has 1 aromatic rings. The summed E-state index contributed by atoms with van der Waals surface area (Å²) in [5.74, 6) is -0.990. The first-order valence-corrected chi connectivity index (χ1v) is 8.47. The minimum Gasteiger partial charge on any atom is -0.480 e. The minimum atomic E-state index is -1.26. The van der Waals surface area contributed by atoms with Crippen molar-refractivity contribution in [3.63, 3.8) is 0 Å². The summed E-state index contributed by atoms with van der Waals surface area (Å²) in [6.45, 7) is 6.80. The lowest BCUT2D eigenvalue weighted by molar-refractivity contribution is -0.148. The highest BCUT2D eigenvalue weighted by Crippen LogP contribution is 2.41. The maximum atomic E-state index is 12.7. The number of ether oxygens (including phenoxy) is 1. The molecule has 0 aromatic carbocycles. The van der Waals surface area contributed by atoms with E-state index in [9.17, 15) is 14.7 Å². The highest BCUT2D eigenvalue weighted by Gasteiger charge is 2.42. The fourth-order valence-electron chi connectivity index (χ4n) is 3.11. The van der Waals surface area contributed by atoms with Crippen molar-refractivity contribution in [1.82, 2.24) is 15.1 Å². The van der Waals surface area contributed by atoms with E-state index in [1.807, 2.05) is 31.5 Å². The zero-order valence-electron chi connectivity index (χ0n) is 14.5. The van der Waals surface area contributed by atoms with Crippen LogP contribution in [0.1, 0.15) is 68.6 Å². The van der Waals surface area contributed by atoms with Crippen molar-refractivity contribution in [2.24, 2.45) is 0 Å². The number of nitrogens with zero attached hydrogens (tertiary/aromatic N) is 2. The zero-order chi connectivity index (χ0) is 17.5. The van der Waals surface area contributed by atoms with E-state index >= 15 is 0 Å². The van der Waals surface area contributed by atoms with Gasteiger partial charge < -0.3 is 15.2 Å². The number of carboxylic acids is 1. The average Bonchev–Trinajstić information content (AvgIpc) is 3.24. The van der Waals surface area contributed by atoms with Crippen molar-refractivity contribution in [2.45, 2.75) is 63.5 Å². The Morgan fingerprint density at radius 2 is 1.96 bits per heavy atom. The summed E-state index contributed by atoms with van der Waals surface area (Å²) in [7, 11) is 0. The summed E-state index contributed by atoms with van der Waals surface area (Å²) in [4.78, 5) is 24.4. The van der Waals surface area contributed by atoms with Crippen LogP contribution >= 0.6 is 0 Å². The minimum absolute atomic E-state index is 0.223. The number of hydrogen-bond acceptors (Lipinski definition) is 4. The molecule has 1 saturated heterocycles. The number of hydrogen-bond donors (Lipinski definition) is 2. The molecular weight excluding hydrogens is 310 g/mol. The largest absolute Gasteiger partial charge is 0.480 e. The SMILES string of the molecule is CC(C)(C)n1nc(C(=O)NC2(C(=O)O)CCOCC2)cc1C1CC1. The van der Waals surface area contributed by atoms with Gasteiger partial charge in [-0.1, -0.05) is 0 Å². The van der Waals surface area contributed by atoms with E-state index in [-0.39, 0.29) is 18.4 Å². The van der Waals surface area contributed by atoms with Crippen LogP contribution in [-0.2, 0) is 15.1 Å². The molecule has 0 spiro atoms. The fourth-order valence-corrected chi connectivity index (χ4v) is 3.11. The molecule has 0 radical (unpaired) electrons. The summed E-state index contributed by atoms with van der Waals surface area (Å²) in [6.07, 6.45) is 2.76. The third kappa shape index (κ3) is 3.17. The second-order valence-electron chi connectivity index (χ2n) is 7.77. The van der Waals surface area contributed by atoms with Crippen molar-refractivity contribution >= 4 is 11.9 Å². The Hall–Kier alpha value is -1.89. The van der Waals surface area contributed by atoms with Crippen LogP contribution < -0.4 is 5.32 Å². The molecule has 0 unspecified atom stereocenters. The molecule has 0 atom stereocenters. The number of amides is 1. The van der Waals surface area contributed by atoms with Gasteiger partial charge in [-0.2, -0.15) is 5.10 Å². The molecule has 1 aromatic heterocycles. The van der Waals surface area contributed by atoms with Crippen LogP contribution in [0.3, 0.4) is 0 Å². The number of aliphatic carboxylic acids is 1. The second kappa shape index (κ2) is 5.88. The third-order valence-corrected chi connectivity index (χ3v) is 4.71. The van der Waals surface area contributed by atoms with Gasteiger partial charge in [0, 0.05) is 37.7 Å². The lowest BCUT2D eigenvalue weighted by Gasteiger charge is -2.33. The first-order chi connectivity index (χ1) is 11.2. The van der Waals surface area contributed by atoms with Gasteiger partial charge in [0.2, 0.25) is 0 Å². The Morgan fingerprint density at radius 3 is 2.46 bits per heavy atom. The quantitative estimate of drug-likeness (QED) is 0.876. The molecule has 132 valence electrons. The van der Waals surface area contributed by atoms with Crippen molar-refractivity contribution in [2.75, 3.05) is 13.2 Å². The van der Waals surface area contributed by atoms with Crippen LogP contribution in [0, 0.1) is 0 Å². The van der Waals surface area contributed by atoms with E-state index in [4.69, 9.17) is 4.74 Å². The zero-order valence-corrected chi connectivity index (χ0v) is 14.5. The van der Waals surface area contributed by atoms with Crippen molar-refractivity contribution in [3.05, 3.63) is 17.5 Å². The smallest absolute Gasteiger partial charge is 0.329 e. The maximum Gasteiger partial charge on any atom is 0.329 e. The predicted molar refractivity (Wildman–Crippen MR) is 87.1 cm³/mol. The number of carbonyl (C=O) groups excluding carboxylic acids is 1. The van der Waals surface area contributed by atoms with Gasteiger partial charge in [-0.15, -0.1) is 0 Å². The predicted octanol–water partition coefficient (Wildman–Crippen LogP) is 1.88. The monoisotopic (exact) mass is 335 g/mol. The molecule has 2 N–H and O–H groups in total. The topological polar surface area (TPSA) is 93.5 Å². The van der Waals surface area contributed by atoms with E-state index in [1.54, 1.807) is 0 Å². The van der Waals surface area contributed by atoms with Gasteiger partial charge in [-0.3, -0.25) is 9.48 Å². The summed E-state index contributed by atoms with van der Waals surface area (Å²) in [5, 5.41) is 16.8. The summed E-state index contributed by atoms with van der Waals surface area (Å²) < 4.78 is 7.14. The Bertz CT molecular complexity index is 649. The van der Waals surface area contributed by atoms with Gasteiger partial charge in [0.05, 0.1) is 5.54 Å². The fraction of sp³-hybridized carbons (Fsp3) is 0.706. The van der Waals surface area contributed by atoms with Crippen LogP contribution in [0.2, 0.25) is 0 Å². The molecule has 0 bridgehead atoms. The van der Waals surface area contributed by atoms with Crippen LogP contribution in [0.5, 0.6) is 0 Å². The van der Waals surface area contributed by atoms with Crippen LogP contribution in [0.15, 0.2) is 6.07 Å². The van der Waals surface area contributed by atoms with Gasteiger partial charge in [0.25, 0.3) is 5.91 Å². The van der Waals surface area contributed by atoms with Crippen LogP contribution in [0.25, 0.3) is 0 Å². The standard InChI is InChI=1S/C17H25N3O4/c1-16(2,3)20-13(11-4-5-11)10-12(19-20)14(21)18-17(15(22)23)6-8-24-9-7-17/h10-11H,4-9H2,1-3H3,(H,18,21)(H,22,23). The first-order valence-electron chi connectivity index (χ1n) is 8.47. The Morgan fingerprint density at radius 1 is 1.33 bits per heavy atom. The van der Waals surface area contributed by atoms with Gasteiger partial charge in [-0.25, -0.2) is 4.79 Å². The molecule has 1 aliphatic carbocycles. The third-order valence-electron chi connectivity index (χ3n) is 4.71. The number of carbonyl (C=O) groups is 2. The van der Waals surface area contributed by atoms with Crippen LogP contribution in [0.4, 0.5) is 0 Å². The van der Waals surface area contributed by atoms with Gasteiger partial charge >= 0.3 is 5.97 Å². The summed E-state index contributed by atoms with van der Waals surface area (Å²) >= 11 is 0. The molecule has 24 heavy (non-hydrogen) atoms. The first kappa shape index (κ1) is 17.0. The highest BCUT2D eigenvalue weighted by molar-refractivity contribution is 5.96. The molecule has 7 nitrogen and oxygen atoms in total. The highest BCUT2D eigenvalue weighted by atomic mass is 16.5. The van der Waals surface area contributed by atoms with Crippen molar-refractivity contribution < 1.29 is 19.4 Å². The molecule has 2 aliphatic rings. The van der Waals surface area contributed by atoms with E-state index in [0.29, 0.717) is 24.8 Å². The molecule has 1 saturated carbocycles. The average molecular weight is 335 g/mol. The number of rotatable bonds is 4. The molecule has 1 amide bonds. The van der Waals surface area contributed by atoms with Crippen molar-refractivity contribution in [1.29, 1.82) is 0 Å². The van der Waals surface area contributed by atoms with Gasteiger partial charge in [-0.05, 0) is 39.7 Å². The molecule has 3 rings (SSSR count). The number of carboxylic acid groups (broad SMARTS) is 1. The normalized spacial score (nSPS) is 20.6. The molecule has 2 fully saturated rings. The molecule has 1 aliphatic heterocycles. The van der Waals surface area contributed by atoms with Gasteiger partial charge in [0.15, 0.2) is 5.69 Å². The lowest BCUT2D eigenvalue weighted by Crippen LogP contribution is -2.57. The van der Waals surface area contributed by atoms with Gasteiger partial charge in [0.1, 0.15) is 5.54 Å². The summed E-state index contributed by atoms with van der Waals surface area (Å²) in [5.41, 5.74) is -0.136. The van der Waals surface area contributed by atoms with E-state index in [2.05, 4.69) is 10.4 Å². The van der Waals surface area contributed by atoms with Crippen molar-refractivity contribution in [3.8, 4) is 0 Å². The molecule has 2 heterocycles. The van der Waals surface area contributed by atoms with Crippen LogP contribution in [-0.4, -0.2) is 45.5 Å². The number of aromatic nitrogens is 2. The second-order valence-corrected chi connectivity index (χ2v) is 7.77. The lowest BCUT2D eigenvalue weighted by atomic mass is 9.90. The van der Waals surface area contributed by atoms with E-state index in [0.717, 1.165) is 18.5 Å². The molecule has 7 heteroatoms.